The van der Waals surface area contributed by atoms with Gasteiger partial charge in [0.2, 0.25) is 0 Å². The molecular weight excluding hydrogens is 364 g/mol. The predicted molar refractivity (Wildman–Crippen MR) is 124 cm³/mol. The largest absolute Gasteiger partial charge is 0.409 e. The second-order valence-corrected chi connectivity index (χ2v) is 20.3. The van der Waals surface area contributed by atoms with Gasteiger partial charge < -0.3 is 8.85 Å². The van der Waals surface area contributed by atoms with E-state index in [1.54, 1.807) is 0 Å². The van der Waals surface area contributed by atoms with Crippen LogP contribution in [0.1, 0.15) is 54.4 Å². The number of hydrogen-bond acceptors (Lipinski definition) is 2. The Labute approximate surface area is 171 Å². The Kier molecular flexibility index (Phi) is 7.98. The summed E-state index contributed by atoms with van der Waals surface area (Å²) in [5.74, 6) is 6.76. The molecule has 0 saturated heterocycles. The van der Waals surface area contributed by atoms with Gasteiger partial charge in [0, 0.05) is 6.42 Å². The molecule has 0 N–H and O–H groups in total. The Morgan fingerprint density at radius 3 is 2.19 bits per heavy atom. The van der Waals surface area contributed by atoms with E-state index in [0.717, 1.165) is 12.8 Å². The average molecular weight is 407 g/mol. The second-order valence-electron chi connectivity index (χ2n) is 11.0. The van der Waals surface area contributed by atoms with Crippen LogP contribution >= 0.6 is 0 Å². The van der Waals surface area contributed by atoms with Crippen molar-refractivity contribution in [3.63, 3.8) is 0 Å². The minimum absolute atomic E-state index is 0.0693. The number of hydrogen-bond donors (Lipinski definition) is 0. The highest BCUT2D eigenvalue weighted by Crippen LogP contribution is 2.38. The summed E-state index contributed by atoms with van der Waals surface area (Å²) < 4.78 is 13.0. The van der Waals surface area contributed by atoms with E-state index in [1.165, 1.54) is 5.57 Å². The summed E-state index contributed by atoms with van der Waals surface area (Å²) in [6.45, 7) is 24.9. The van der Waals surface area contributed by atoms with Crippen molar-refractivity contribution in [1.82, 2.24) is 0 Å². The van der Waals surface area contributed by atoms with Gasteiger partial charge in [0.25, 0.3) is 0 Å². The van der Waals surface area contributed by atoms with E-state index in [9.17, 15) is 0 Å². The quantitative estimate of drug-likeness (QED) is 0.286. The third kappa shape index (κ3) is 8.52. The molecule has 0 bridgehead atoms. The third-order valence-corrected chi connectivity index (χ3v) is 10.9. The van der Waals surface area contributed by atoms with Crippen LogP contribution < -0.4 is 0 Å². The predicted octanol–water partition coefficient (Wildman–Crippen LogP) is 6.92. The van der Waals surface area contributed by atoms with E-state index in [1.807, 2.05) is 0 Å². The summed E-state index contributed by atoms with van der Waals surface area (Å²) >= 11 is 0. The molecule has 0 amide bonds. The van der Waals surface area contributed by atoms with Crippen molar-refractivity contribution in [1.29, 1.82) is 0 Å². The van der Waals surface area contributed by atoms with Crippen LogP contribution in [0.15, 0.2) is 23.8 Å². The molecule has 1 aliphatic rings. The Bertz CT molecular complexity index is 619. The molecule has 0 spiro atoms. The maximum absolute atomic E-state index is 6.75. The fourth-order valence-corrected chi connectivity index (χ4v) is 4.78. The lowest BCUT2D eigenvalue weighted by atomic mass is 9.87. The first-order valence-electron chi connectivity index (χ1n) is 10.2. The zero-order valence-electron chi connectivity index (χ0n) is 19.6. The van der Waals surface area contributed by atoms with Crippen molar-refractivity contribution in [2.75, 3.05) is 0 Å². The van der Waals surface area contributed by atoms with Crippen molar-refractivity contribution in [2.24, 2.45) is 5.41 Å². The van der Waals surface area contributed by atoms with Crippen molar-refractivity contribution in [3.05, 3.63) is 23.8 Å². The lowest BCUT2D eigenvalue weighted by molar-refractivity contribution is 0.218. The zero-order valence-corrected chi connectivity index (χ0v) is 21.6. The molecule has 0 radical (unpaired) electrons. The van der Waals surface area contributed by atoms with Crippen LogP contribution in [0.4, 0.5) is 0 Å². The summed E-state index contributed by atoms with van der Waals surface area (Å²) in [6.07, 6.45) is 8.45. The maximum atomic E-state index is 6.75. The fraction of sp³-hybridized carbons (Fsp3) is 0.739. The smallest absolute Gasteiger partial charge is 0.192 e. The average Bonchev–Trinajstić information content (AvgIpc) is 2.47. The van der Waals surface area contributed by atoms with Gasteiger partial charge in [-0.05, 0) is 68.2 Å². The highest BCUT2D eigenvalue weighted by Gasteiger charge is 2.39. The number of rotatable bonds is 4. The van der Waals surface area contributed by atoms with Gasteiger partial charge in [0.1, 0.15) is 6.10 Å². The Balaban J connectivity index is 3.19. The second kappa shape index (κ2) is 8.82. The molecular formula is C23H42O2Si2. The van der Waals surface area contributed by atoms with Crippen LogP contribution in [0, 0.1) is 17.3 Å². The van der Waals surface area contributed by atoms with Gasteiger partial charge in [-0.15, -0.1) is 0 Å². The topological polar surface area (TPSA) is 18.5 Å². The highest BCUT2D eigenvalue weighted by atomic mass is 28.4. The molecule has 0 heterocycles. The van der Waals surface area contributed by atoms with Crippen molar-refractivity contribution >= 4 is 16.6 Å². The van der Waals surface area contributed by atoms with E-state index in [2.05, 4.69) is 104 Å². The fourth-order valence-electron chi connectivity index (χ4n) is 2.55. The Hall–Kier alpha value is -0.606. The molecule has 0 aromatic heterocycles. The SMILES string of the molecule is C/C1=C\CC(C)(C)/C=C\C(O[Si](C)(C)C)C#CC[C@H]1O[Si](C)(C)C(C)(C)C. The van der Waals surface area contributed by atoms with Crippen LogP contribution in [0.2, 0.25) is 37.8 Å². The summed E-state index contributed by atoms with van der Waals surface area (Å²) in [5.41, 5.74) is 1.38. The van der Waals surface area contributed by atoms with Crippen LogP contribution in [0.5, 0.6) is 0 Å². The van der Waals surface area contributed by atoms with Crippen LogP contribution in [0.25, 0.3) is 0 Å². The number of allylic oxidation sites excluding steroid dienone is 2. The first-order valence-corrected chi connectivity index (χ1v) is 16.5. The minimum Gasteiger partial charge on any atom is -0.409 e. The van der Waals surface area contributed by atoms with Gasteiger partial charge in [-0.25, -0.2) is 0 Å². The van der Waals surface area contributed by atoms with E-state index < -0.39 is 16.6 Å². The molecule has 154 valence electrons. The first-order chi connectivity index (χ1) is 12.0. The van der Waals surface area contributed by atoms with Gasteiger partial charge in [-0.3, -0.25) is 0 Å². The molecule has 2 atom stereocenters. The molecule has 1 aliphatic carbocycles. The Morgan fingerprint density at radius 2 is 1.67 bits per heavy atom. The van der Waals surface area contributed by atoms with E-state index >= 15 is 0 Å². The van der Waals surface area contributed by atoms with Crippen LogP contribution in [0.3, 0.4) is 0 Å². The van der Waals surface area contributed by atoms with E-state index in [-0.39, 0.29) is 22.7 Å². The maximum Gasteiger partial charge on any atom is 0.192 e. The molecule has 2 nitrogen and oxygen atoms in total. The molecule has 0 fully saturated rings. The van der Waals surface area contributed by atoms with Gasteiger partial charge in [0.15, 0.2) is 16.6 Å². The molecule has 0 aliphatic heterocycles. The lowest BCUT2D eigenvalue weighted by Gasteiger charge is -2.39. The van der Waals surface area contributed by atoms with Crippen LogP contribution in [-0.2, 0) is 8.85 Å². The molecule has 1 unspecified atom stereocenters. The van der Waals surface area contributed by atoms with E-state index in [4.69, 9.17) is 8.85 Å². The first kappa shape index (κ1) is 24.4. The monoisotopic (exact) mass is 406 g/mol. The summed E-state index contributed by atoms with van der Waals surface area (Å²) in [5, 5.41) is 0.192. The highest BCUT2D eigenvalue weighted by molar-refractivity contribution is 6.74. The van der Waals surface area contributed by atoms with E-state index in [0.29, 0.717) is 0 Å². The van der Waals surface area contributed by atoms with Crippen LogP contribution in [-0.4, -0.2) is 28.8 Å². The molecule has 0 aromatic carbocycles. The van der Waals surface area contributed by atoms with Crippen molar-refractivity contribution in [2.45, 2.75) is 104 Å². The molecule has 0 saturated carbocycles. The zero-order chi connectivity index (χ0) is 21.1. The summed E-state index contributed by atoms with van der Waals surface area (Å²) in [7, 11) is -3.51. The summed E-state index contributed by atoms with van der Waals surface area (Å²) in [4.78, 5) is 0. The molecule has 1 rings (SSSR count). The minimum atomic E-state index is -1.85. The van der Waals surface area contributed by atoms with Gasteiger partial charge >= 0.3 is 0 Å². The summed E-state index contributed by atoms with van der Waals surface area (Å²) in [6, 6.07) is 0. The standard InChI is InChI=1S/C23H42O2Si2/c1-19-15-17-23(5,6)18-16-20(24-26(7,8)9)13-12-14-21(19)25-27(10,11)22(2,3)4/h15-16,18,20-21H,14,17H2,1-11H3/b18-16-,19-15+/t20?,21-/m1/s1. The van der Waals surface area contributed by atoms with Gasteiger partial charge in [-0.1, -0.05) is 58.6 Å². The van der Waals surface area contributed by atoms with Gasteiger partial charge in [-0.2, -0.15) is 0 Å². The molecule has 0 aromatic rings. The Morgan fingerprint density at radius 1 is 1.07 bits per heavy atom. The van der Waals surface area contributed by atoms with Crippen molar-refractivity contribution < 1.29 is 8.85 Å². The van der Waals surface area contributed by atoms with Gasteiger partial charge in [0.05, 0.1) is 6.10 Å². The third-order valence-electron chi connectivity index (χ3n) is 5.44. The van der Waals surface area contributed by atoms with Crippen molar-refractivity contribution in [3.8, 4) is 11.8 Å². The normalized spacial score (nSPS) is 27.6. The molecule has 4 heteroatoms. The molecule has 27 heavy (non-hydrogen) atoms. The lowest BCUT2D eigenvalue weighted by Crippen LogP contribution is -2.44.